The maximum atomic E-state index is 11.7. The van der Waals surface area contributed by atoms with Crippen molar-refractivity contribution in [2.75, 3.05) is 0 Å². The van der Waals surface area contributed by atoms with Gasteiger partial charge >= 0.3 is 0 Å². The maximum absolute atomic E-state index is 11.7. The first-order chi connectivity index (χ1) is 11.2. The normalized spacial score (nSPS) is 11.6. The molecule has 0 amide bonds. The molecule has 0 saturated heterocycles. The molecule has 0 radical (unpaired) electrons. The molecule has 0 aliphatic heterocycles. The van der Waals surface area contributed by atoms with Crippen LogP contribution in [0.15, 0.2) is 30.5 Å². The Labute approximate surface area is 149 Å². The van der Waals surface area contributed by atoms with Gasteiger partial charge in [-0.25, -0.2) is 4.98 Å². The van der Waals surface area contributed by atoms with Crippen LogP contribution in [0.4, 0.5) is 0 Å². The first-order valence-electron chi connectivity index (χ1n) is 8.04. The molecule has 1 heterocycles. The number of carbonyl (C=O) groups excluding carboxylic acids is 1. The molecule has 0 unspecified atom stereocenters. The second-order valence-electron chi connectivity index (χ2n) is 7.28. The molecule has 1 aromatic carbocycles. The van der Waals surface area contributed by atoms with Gasteiger partial charge in [0.25, 0.3) is 0 Å². The average molecular weight is 344 g/mol. The molecule has 2 rings (SSSR count). The molecule has 5 heteroatoms. The van der Waals surface area contributed by atoms with E-state index in [0.717, 1.165) is 6.42 Å². The summed E-state index contributed by atoms with van der Waals surface area (Å²) >= 11 is 3.88. The second-order valence-corrected chi connectivity index (χ2v) is 7.69. The zero-order chi connectivity index (χ0) is 17.9. The number of hydrogen-bond acceptors (Lipinski definition) is 4. The molecule has 2 aromatic rings. The maximum Gasteiger partial charge on any atom is 0.234 e. The number of aromatic nitrogens is 2. The molecule has 0 N–H and O–H groups in total. The Balaban J connectivity index is 2.31. The molecule has 0 fully saturated rings. The molecule has 0 atom stereocenters. The number of thiol groups is 1. The van der Waals surface area contributed by atoms with E-state index in [1.165, 1.54) is 11.8 Å². The Morgan fingerprint density at radius 3 is 2.33 bits per heavy atom. The van der Waals surface area contributed by atoms with Gasteiger partial charge in [-0.2, -0.15) is 4.98 Å². The van der Waals surface area contributed by atoms with E-state index in [0.29, 0.717) is 17.5 Å². The van der Waals surface area contributed by atoms with E-state index in [1.807, 2.05) is 24.3 Å². The van der Waals surface area contributed by atoms with E-state index in [4.69, 9.17) is 4.74 Å². The monoisotopic (exact) mass is 344 g/mol. The van der Waals surface area contributed by atoms with Crippen molar-refractivity contribution in [3.8, 4) is 11.6 Å². The number of ether oxygens (including phenoxy) is 1. The minimum Gasteiger partial charge on any atom is -0.438 e. The summed E-state index contributed by atoms with van der Waals surface area (Å²) in [5, 5.41) is -0.410. The van der Waals surface area contributed by atoms with Crippen molar-refractivity contribution in [2.45, 2.75) is 46.5 Å². The highest BCUT2D eigenvalue weighted by Gasteiger charge is 2.16. The van der Waals surface area contributed by atoms with Gasteiger partial charge < -0.3 is 4.74 Å². The van der Waals surface area contributed by atoms with Crippen LogP contribution in [0.1, 0.15) is 56.4 Å². The third-order valence-corrected chi connectivity index (χ3v) is 3.80. The number of nitrogens with zero attached hydrogens (tertiary/aromatic N) is 2. The van der Waals surface area contributed by atoms with E-state index in [9.17, 15) is 4.79 Å². The lowest BCUT2D eigenvalue weighted by molar-refractivity contribution is 0.108. The summed E-state index contributed by atoms with van der Waals surface area (Å²) in [6, 6.07) is 7.82. The van der Waals surface area contributed by atoms with Crippen LogP contribution in [0.2, 0.25) is 0 Å². The van der Waals surface area contributed by atoms with Crippen LogP contribution in [0.25, 0.3) is 0 Å². The van der Waals surface area contributed by atoms with Crippen LogP contribution in [0, 0.1) is 5.92 Å². The van der Waals surface area contributed by atoms with E-state index < -0.39 is 5.12 Å². The smallest absolute Gasteiger partial charge is 0.234 e. The van der Waals surface area contributed by atoms with Crippen molar-refractivity contribution >= 4 is 17.7 Å². The largest absolute Gasteiger partial charge is 0.438 e. The van der Waals surface area contributed by atoms with E-state index in [-0.39, 0.29) is 16.9 Å². The van der Waals surface area contributed by atoms with Crippen LogP contribution < -0.4 is 4.74 Å². The van der Waals surface area contributed by atoms with Crippen molar-refractivity contribution in [2.24, 2.45) is 5.92 Å². The molecule has 0 aliphatic carbocycles. The van der Waals surface area contributed by atoms with Gasteiger partial charge in [0.05, 0.1) is 0 Å². The Bertz CT molecular complexity index is 719. The lowest BCUT2D eigenvalue weighted by Crippen LogP contribution is -2.10. The fourth-order valence-electron chi connectivity index (χ4n) is 2.22. The first kappa shape index (κ1) is 18.5. The van der Waals surface area contributed by atoms with E-state index in [2.05, 4.69) is 57.2 Å². The van der Waals surface area contributed by atoms with Gasteiger partial charge in [0.1, 0.15) is 17.1 Å². The lowest BCUT2D eigenvalue weighted by Gasteiger charge is -2.19. The van der Waals surface area contributed by atoms with Crippen LogP contribution >= 0.6 is 12.6 Å². The van der Waals surface area contributed by atoms with Gasteiger partial charge in [0.2, 0.25) is 11.0 Å². The van der Waals surface area contributed by atoms with Crippen LogP contribution in [0.3, 0.4) is 0 Å². The quantitative estimate of drug-likeness (QED) is 0.789. The summed E-state index contributed by atoms with van der Waals surface area (Å²) in [4.78, 5) is 20.3. The highest BCUT2D eigenvalue weighted by molar-refractivity contribution is 7.97. The van der Waals surface area contributed by atoms with Gasteiger partial charge in [0, 0.05) is 12.6 Å². The van der Waals surface area contributed by atoms with Crippen molar-refractivity contribution in [3.63, 3.8) is 0 Å². The predicted molar refractivity (Wildman–Crippen MR) is 99.1 cm³/mol. The number of carbonyl (C=O) groups is 1. The summed E-state index contributed by atoms with van der Waals surface area (Å²) in [5.74, 6) is 1.96. The Kier molecular flexibility index (Phi) is 5.65. The molecular formula is C19H24N2O2S. The average Bonchev–Trinajstić information content (AvgIpc) is 2.46. The summed E-state index contributed by atoms with van der Waals surface area (Å²) in [5.41, 5.74) is 1.55. The second kappa shape index (κ2) is 7.34. The zero-order valence-corrected chi connectivity index (χ0v) is 15.7. The highest BCUT2D eigenvalue weighted by Crippen LogP contribution is 2.28. The van der Waals surface area contributed by atoms with Gasteiger partial charge in [-0.15, -0.1) is 12.6 Å². The Morgan fingerprint density at radius 1 is 1.21 bits per heavy atom. The van der Waals surface area contributed by atoms with Crippen molar-refractivity contribution in [1.82, 2.24) is 9.97 Å². The molecule has 0 spiro atoms. The van der Waals surface area contributed by atoms with Crippen molar-refractivity contribution < 1.29 is 9.53 Å². The third kappa shape index (κ3) is 4.81. The summed E-state index contributed by atoms with van der Waals surface area (Å²) in [7, 11) is 0. The van der Waals surface area contributed by atoms with Gasteiger partial charge in [-0.3, -0.25) is 4.79 Å². The van der Waals surface area contributed by atoms with Gasteiger partial charge in [0.15, 0.2) is 0 Å². The van der Waals surface area contributed by atoms with Crippen LogP contribution in [0.5, 0.6) is 11.6 Å². The molecule has 0 saturated carbocycles. The van der Waals surface area contributed by atoms with Crippen molar-refractivity contribution in [3.05, 3.63) is 47.4 Å². The number of hydrogen-bond donors (Lipinski definition) is 1. The van der Waals surface area contributed by atoms with Gasteiger partial charge in [-0.1, -0.05) is 46.8 Å². The Morgan fingerprint density at radius 2 is 1.83 bits per heavy atom. The molecule has 24 heavy (non-hydrogen) atoms. The molecule has 0 bridgehead atoms. The molecular weight excluding hydrogens is 320 g/mol. The summed E-state index contributed by atoms with van der Waals surface area (Å²) in [6.07, 6.45) is 2.21. The highest BCUT2D eigenvalue weighted by atomic mass is 32.1. The minimum atomic E-state index is -0.410. The van der Waals surface area contributed by atoms with E-state index in [1.54, 1.807) is 0 Å². The lowest BCUT2D eigenvalue weighted by atomic mass is 9.87. The van der Waals surface area contributed by atoms with Crippen LogP contribution in [-0.4, -0.2) is 15.1 Å². The zero-order valence-electron chi connectivity index (χ0n) is 14.8. The van der Waals surface area contributed by atoms with Crippen LogP contribution in [-0.2, 0) is 11.8 Å². The summed E-state index contributed by atoms with van der Waals surface area (Å²) < 4.78 is 5.84. The molecule has 4 nitrogen and oxygen atoms in total. The Hall–Kier alpha value is -1.88. The van der Waals surface area contributed by atoms with Crippen molar-refractivity contribution in [1.29, 1.82) is 0 Å². The molecule has 128 valence electrons. The topological polar surface area (TPSA) is 52.1 Å². The standard InChI is InChI=1S/C19H24N2O2S/c1-12(2)10-16-20-11-15(18(22)24)17(21-16)23-14-8-6-13(7-9-14)19(3,4)5/h6-9,11-12H,10H2,1-5H3,(H,22,24). The number of rotatable bonds is 5. The third-order valence-electron chi connectivity index (χ3n) is 3.56. The fraction of sp³-hybridized carbons (Fsp3) is 0.421. The number of benzene rings is 1. The molecule has 0 aliphatic rings. The predicted octanol–water partition coefficient (Wildman–Crippen LogP) is 4.83. The fourth-order valence-corrected chi connectivity index (χ4v) is 2.38. The first-order valence-corrected chi connectivity index (χ1v) is 8.49. The van der Waals surface area contributed by atoms with E-state index >= 15 is 0 Å². The minimum absolute atomic E-state index is 0.0735. The molecule has 1 aromatic heterocycles. The SMILES string of the molecule is CC(C)Cc1ncc(C(=O)S)c(Oc2ccc(C(C)(C)C)cc2)n1. The van der Waals surface area contributed by atoms with Gasteiger partial charge in [-0.05, 0) is 29.0 Å². The summed E-state index contributed by atoms with van der Waals surface area (Å²) in [6.45, 7) is 10.6.